The summed E-state index contributed by atoms with van der Waals surface area (Å²) in [5.74, 6) is 0.0770. The lowest BCUT2D eigenvalue weighted by atomic mass is 10.1. The molecule has 8 heteroatoms. The van der Waals surface area contributed by atoms with Crippen molar-refractivity contribution in [2.45, 2.75) is 18.2 Å². The minimum atomic E-state index is -4.10. The fraction of sp³-hybridized carbons (Fsp3) is 0.0952. The second-order valence-corrected chi connectivity index (χ2v) is 8.68. The van der Waals surface area contributed by atoms with Gasteiger partial charge in [0.2, 0.25) is 5.88 Å². The second-order valence-electron chi connectivity index (χ2n) is 6.35. The van der Waals surface area contributed by atoms with Crippen molar-refractivity contribution in [1.82, 2.24) is 9.78 Å². The monoisotopic (exact) mass is 446 g/mol. The van der Waals surface area contributed by atoms with Gasteiger partial charge in [0.15, 0.2) is 0 Å². The van der Waals surface area contributed by atoms with Crippen LogP contribution in [-0.4, -0.2) is 18.2 Å². The molecule has 1 heterocycles. The molecule has 4 aromatic rings. The van der Waals surface area contributed by atoms with Crippen LogP contribution in [0.3, 0.4) is 0 Å². The number of benzene rings is 3. The predicted octanol–water partition coefficient (Wildman–Crippen LogP) is 5.66. The van der Waals surface area contributed by atoms with Crippen molar-refractivity contribution in [3.05, 3.63) is 82.5 Å². The fourth-order valence-corrected chi connectivity index (χ4v) is 4.44. The highest BCUT2D eigenvalue weighted by Gasteiger charge is 2.23. The van der Waals surface area contributed by atoms with E-state index in [-0.39, 0.29) is 10.8 Å². The van der Waals surface area contributed by atoms with Gasteiger partial charge in [0, 0.05) is 11.5 Å². The number of hydrogen-bond acceptors (Lipinski definition) is 4. The van der Waals surface area contributed by atoms with E-state index in [0.717, 1.165) is 5.39 Å². The molecule has 0 amide bonds. The number of aryl methyl sites for hydroxylation is 1. The number of nitrogens with zero attached hydrogens (tertiary/aromatic N) is 2. The van der Waals surface area contributed by atoms with Gasteiger partial charge >= 0.3 is 10.1 Å². The van der Waals surface area contributed by atoms with Gasteiger partial charge in [0.1, 0.15) is 4.90 Å². The first-order chi connectivity index (χ1) is 13.9. The van der Waals surface area contributed by atoms with E-state index >= 15 is 0 Å². The van der Waals surface area contributed by atoms with Crippen LogP contribution in [0.4, 0.5) is 0 Å². The molecule has 0 fully saturated rings. The van der Waals surface area contributed by atoms with Crippen LogP contribution in [0.5, 0.6) is 5.88 Å². The van der Waals surface area contributed by atoms with Gasteiger partial charge in [-0.25, -0.2) is 0 Å². The van der Waals surface area contributed by atoms with Gasteiger partial charge in [0.05, 0.1) is 21.4 Å². The molecular weight excluding hydrogens is 431 g/mol. The van der Waals surface area contributed by atoms with Crippen LogP contribution < -0.4 is 4.18 Å². The summed E-state index contributed by atoms with van der Waals surface area (Å²) in [5, 5.41) is 6.56. The number of aromatic nitrogens is 2. The molecule has 0 unspecified atom stereocenters. The van der Waals surface area contributed by atoms with Gasteiger partial charge in [-0.2, -0.15) is 18.2 Å². The Bertz CT molecular complexity index is 1310. The first kappa shape index (κ1) is 19.8. The first-order valence-corrected chi connectivity index (χ1v) is 11.0. The van der Waals surface area contributed by atoms with E-state index < -0.39 is 10.1 Å². The largest absolute Gasteiger partial charge is 0.358 e. The van der Waals surface area contributed by atoms with Crippen LogP contribution in [-0.2, 0) is 16.5 Å². The van der Waals surface area contributed by atoms with Gasteiger partial charge in [-0.15, -0.1) is 0 Å². The molecule has 0 radical (unpaired) electrons. The maximum Gasteiger partial charge on any atom is 0.341 e. The van der Waals surface area contributed by atoms with E-state index in [0.29, 0.717) is 33.2 Å². The molecule has 0 spiro atoms. The predicted molar refractivity (Wildman–Crippen MR) is 115 cm³/mol. The molecule has 29 heavy (non-hydrogen) atoms. The lowest BCUT2D eigenvalue weighted by molar-refractivity contribution is 0.466. The Morgan fingerprint density at radius 2 is 1.72 bits per heavy atom. The highest BCUT2D eigenvalue weighted by Crippen LogP contribution is 2.30. The van der Waals surface area contributed by atoms with E-state index in [9.17, 15) is 8.42 Å². The highest BCUT2D eigenvalue weighted by molar-refractivity contribution is 7.87. The van der Waals surface area contributed by atoms with Crippen molar-refractivity contribution < 1.29 is 12.6 Å². The zero-order chi connectivity index (χ0) is 20.6. The molecule has 3 aromatic carbocycles. The zero-order valence-electron chi connectivity index (χ0n) is 15.3. The van der Waals surface area contributed by atoms with Gasteiger partial charge in [0.25, 0.3) is 0 Å². The lowest BCUT2D eigenvalue weighted by Gasteiger charge is -2.11. The van der Waals surface area contributed by atoms with Gasteiger partial charge in [-0.3, -0.25) is 0 Å². The number of hydrogen-bond donors (Lipinski definition) is 0. The molecule has 0 bridgehead atoms. The van der Waals surface area contributed by atoms with Crippen LogP contribution in [0.25, 0.3) is 16.5 Å². The maximum absolute atomic E-state index is 13.1. The average Bonchev–Trinajstić information content (AvgIpc) is 3.11. The first-order valence-electron chi connectivity index (χ1n) is 8.85. The molecule has 0 atom stereocenters. The van der Waals surface area contributed by atoms with Crippen LogP contribution in [0.2, 0.25) is 10.0 Å². The average molecular weight is 447 g/mol. The number of halogens is 2. The lowest BCUT2D eigenvalue weighted by Crippen LogP contribution is -2.13. The standard InChI is InChI=1S/C21H16Cl2N2O3S/c1-2-15-12-21(25(24-15)16-10-11-18(22)19(23)13-16)28-29(26,27)20-9-5-7-14-6-3-4-8-17(14)20/h3-13H,2H2,1H3. The number of rotatable bonds is 5. The van der Waals surface area contributed by atoms with Crippen molar-refractivity contribution in [2.24, 2.45) is 0 Å². The topological polar surface area (TPSA) is 61.2 Å². The van der Waals surface area contributed by atoms with Crippen molar-refractivity contribution in [1.29, 1.82) is 0 Å². The van der Waals surface area contributed by atoms with Crippen LogP contribution >= 0.6 is 23.2 Å². The summed E-state index contributed by atoms with van der Waals surface area (Å²) in [6, 6.07) is 18.8. The van der Waals surface area contributed by atoms with Gasteiger partial charge < -0.3 is 4.18 Å². The Morgan fingerprint density at radius 3 is 2.48 bits per heavy atom. The minimum Gasteiger partial charge on any atom is -0.358 e. The van der Waals surface area contributed by atoms with Crippen molar-refractivity contribution in [2.75, 3.05) is 0 Å². The molecule has 0 aliphatic heterocycles. The van der Waals surface area contributed by atoms with Gasteiger partial charge in [-0.1, -0.05) is 66.5 Å². The molecule has 0 saturated heterocycles. The fourth-order valence-electron chi connectivity index (χ4n) is 3.02. The Labute approximate surface area is 178 Å². The van der Waals surface area contributed by atoms with E-state index in [1.165, 1.54) is 10.7 Å². The molecule has 0 aliphatic rings. The summed E-state index contributed by atoms with van der Waals surface area (Å²) in [7, 11) is -4.10. The normalized spacial score (nSPS) is 11.7. The van der Waals surface area contributed by atoms with Crippen molar-refractivity contribution in [3.63, 3.8) is 0 Å². The molecule has 1 aromatic heterocycles. The van der Waals surface area contributed by atoms with Crippen LogP contribution in [0.1, 0.15) is 12.6 Å². The maximum atomic E-state index is 13.1. The summed E-state index contributed by atoms with van der Waals surface area (Å²) in [4.78, 5) is 0.0931. The summed E-state index contributed by atoms with van der Waals surface area (Å²) >= 11 is 12.1. The summed E-state index contributed by atoms with van der Waals surface area (Å²) in [6.07, 6.45) is 0.610. The Morgan fingerprint density at radius 1 is 0.966 bits per heavy atom. The molecule has 0 N–H and O–H groups in total. The molecule has 148 valence electrons. The van der Waals surface area contributed by atoms with E-state index in [1.807, 2.05) is 25.1 Å². The summed E-state index contributed by atoms with van der Waals surface area (Å²) in [6.45, 7) is 1.92. The molecule has 0 aliphatic carbocycles. The molecule has 5 nitrogen and oxygen atoms in total. The SMILES string of the molecule is CCc1cc(OS(=O)(=O)c2cccc3ccccc23)n(-c2ccc(Cl)c(Cl)c2)n1. The Kier molecular flexibility index (Phi) is 5.25. The summed E-state index contributed by atoms with van der Waals surface area (Å²) in [5.41, 5.74) is 1.22. The number of fused-ring (bicyclic) bond motifs is 1. The third kappa shape index (κ3) is 3.83. The van der Waals surface area contributed by atoms with Crippen LogP contribution in [0, 0.1) is 0 Å². The summed E-state index contributed by atoms with van der Waals surface area (Å²) < 4.78 is 33.2. The van der Waals surface area contributed by atoms with E-state index in [4.69, 9.17) is 27.4 Å². The zero-order valence-corrected chi connectivity index (χ0v) is 17.7. The molecule has 4 rings (SSSR count). The van der Waals surface area contributed by atoms with Gasteiger partial charge in [-0.05, 0) is 36.1 Å². The molecular formula is C21H16Cl2N2O3S. The van der Waals surface area contributed by atoms with E-state index in [2.05, 4.69) is 5.10 Å². The smallest absolute Gasteiger partial charge is 0.341 e. The Balaban J connectivity index is 1.81. The minimum absolute atomic E-state index is 0.0770. The second kappa shape index (κ2) is 7.71. The quantitative estimate of drug-likeness (QED) is 0.371. The van der Waals surface area contributed by atoms with Crippen molar-refractivity contribution >= 4 is 44.1 Å². The third-order valence-corrected chi connectivity index (χ3v) is 6.48. The molecule has 0 saturated carbocycles. The Hall–Kier alpha value is -2.54. The third-order valence-electron chi connectivity index (χ3n) is 4.45. The van der Waals surface area contributed by atoms with E-state index in [1.54, 1.807) is 42.5 Å². The highest BCUT2D eigenvalue weighted by atomic mass is 35.5. The van der Waals surface area contributed by atoms with Crippen LogP contribution in [0.15, 0.2) is 71.6 Å². The van der Waals surface area contributed by atoms with Crippen molar-refractivity contribution in [3.8, 4) is 11.6 Å².